The molecule has 0 unspecified atom stereocenters. The number of ether oxygens (including phenoxy) is 3. The average molecular weight is 1210 g/mol. The van der Waals surface area contributed by atoms with E-state index in [0.717, 1.165) is 18.2 Å². The molecule has 444 valence electrons. The van der Waals surface area contributed by atoms with Gasteiger partial charge in [-0.1, -0.05) is 144 Å². The van der Waals surface area contributed by atoms with Gasteiger partial charge >= 0.3 is 36.4 Å². The highest BCUT2D eigenvalue weighted by molar-refractivity contribution is 6.47. The first kappa shape index (κ1) is 68.0. The first-order chi connectivity index (χ1) is 38.3. The fourth-order valence-electron chi connectivity index (χ4n) is 8.92. The number of carbonyl (C=O) groups excluding carboxylic acids is 6. The highest BCUT2D eigenvalue weighted by Crippen LogP contribution is 2.36. The van der Waals surface area contributed by atoms with Crippen LogP contribution >= 0.6 is 34.8 Å². The molecule has 4 aliphatic rings. The monoisotopic (exact) mass is 1210 g/mol. The molecule has 0 amide bonds. The summed E-state index contributed by atoms with van der Waals surface area (Å²) in [6.07, 6.45) is 9.25. The number of esters is 3. The maximum atomic E-state index is 13.1. The lowest BCUT2D eigenvalue weighted by Crippen LogP contribution is -2.18. The van der Waals surface area contributed by atoms with Gasteiger partial charge in [-0.2, -0.15) is 39.5 Å². The zero-order chi connectivity index (χ0) is 59.6. The van der Waals surface area contributed by atoms with Crippen molar-refractivity contribution in [3.8, 4) is 0 Å². The molecule has 0 saturated heterocycles. The summed E-state index contributed by atoms with van der Waals surface area (Å²) >= 11 is 18.8. The van der Waals surface area contributed by atoms with Crippen LogP contribution in [0.1, 0.15) is 135 Å². The lowest BCUT2D eigenvalue weighted by atomic mass is 9.96. The van der Waals surface area contributed by atoms with E-state index in [1.54, 1.807) is 72.9 Å². The van der Waals surface area contributed by atoms with Gasteiger partial charge < -0.3 is 14.2 Å². The second-order valence-corrected chi connectivity index (χ2v) is 21.0. The number of hydrogen-bond acceptors (Lipinski definition) is 9. The Balaban J connectivity index is 1.56. The molecule has 0 saturated carbocycles. The highest BCUT2D eigenvalue weighted by Gasteiger charge is 2.32. The molecule has 0 N–H and O–H groups in total. The van der Waals surface area contributed by atoms with Gasteiger partial charge in [0.2, 0.25) is 0 Å². The largest absolute Gasteiger partial charge is 0.462 e. The fourth-order valence-corrected chi connectivity index (χ4v) is 9.70. The van der Waals surface area contributed by atoms with E-state index in [-0.39, 0.29) is 72.9 Å². The lowest BCUT2D eigenvalue weighted by molar-refractivity contribution is -0.149. The van der Waals surface area contributed by atoms with Crippen LogP contribution < -0.4 is 0 Å². The van der Waals surface area contributed by atoms with Crippen molar-refractivity contribution < 1.29 is 82.5 Å². The molecule has 6 atom stereocenters. The maximum absolute atomic E-state index is 13.1. The van der Waals surface area contributed by atoms with Crippen molar-refractivity contribution >= 4 is 70.1 Å². The van der Waals surface area contributed by atoms with E-state index in [1.165, 1.54) is 18.2 Å². The second kappa shape index (κ2) is 34.2. The summed E-state index contributed by atoms with van der Waals surface area (Å²) in [6, 6.07) is 0. The van der Waals surface area contributed by atoms with Crippen LogP contribution in [0.25, 0.3) is 0 Å². The summed E-state index contributed by atoms with van der Waals surface area (Å²) in [7, 11) is 0. The SMILES string of the molecule is O=C1CCC/C=C\C[C@H]2C=C(Cl)C(=O)/C2=C/C[C@H](C/C=C\CC(F)(F)F)OC(=O)CCC/C=C\C[C@H]2C=C(Cl)C(=O)/C2=C/C[C@H](C/C=C\CC(F)(F)F)OC(=O)CCC/C=C\C[C@H]2C=C(Cl)C(=O)/C2=C/C[C@H](C/C=C\CC(F)(F)F)O1. The Morgan fingerprint density at radius 1 is 0.395 bits per heavy atom. The molecule has 0 aromatic heterocycles. The average Bonchev–Trinajstić information content (AvgIpc) is 3.94. The number of ketones is 3. The molecule has 9 nitrogen and oxygen atoms in total. The summed E-state index contributed by atoms with van der Waals surface area (Å²) in [5, 5.41) is -0.116. The van der Waals surface area contributed by atoms with Crippen LogP contribution in [0, 0.1) is 17.8 Å². The van der Waals surface area contributed by atoms with Crippen molar-refractivity contribution in [2.75, 3.05) is 0 Å². The van der Waals surface area contributed by atoms with Gasteiger partial charge in [0.25, 0.3) is 0 Å². The molecule has 81 heavy (non-hydrogen) atoms. The molecule has 0 fully saturated rings. The second-order valence-electron chi connectivity index (χ2n) is 19.7. The van der Waals surface area contributed by atoms with Crippen molar-refractivity contribution in [2.45, 2.75) is 172 Å². The maximum Gasteiger partial charge on any atom is 0.392 e. The first-order valence-electron chi connectivity index (χ1n) is 26.8. The smallest absolute Gasteiger partial charge is 0.392 e. The molecule has 1 heterocycles. The number of fused-ring (bicyclic) bond motifs is 3. The van der Waals surface area contributed by atoms with Gasteiger partial charge in [0.15, 0.2) is 17.3 Å². The molecule has 21 heteroatoms. The molecule has 0 aromatic rings. The molecular formula is C60H66Cl3F9O9. The molecule has 3 aliphatic carbocycles. The normalized spacial score (nSPS) is 28.3. The van der Waals surface area contributed by atoms with E-state index >= 15 is 0 Å². The van der Waals surface area contributed by atoms with Gasteiger partial charge in [-0.25, -0.2) is 0 Å². The number of allylic oxidation sites excluding steroid dienone is 18. The Morgan fingerprint density at radius 2 is 0.654 bits per heavy atom. The number of alkyl halides is 9. The number of rotatable bonds is 9. The van der Waals surface area contributed by atoms with Crippen LogP contribution in [0.2, 0.25) is 0 Å². The predicted octanol–water partition coefficient (Wildman–Crippen LogP) is 16.7. The first-order valence-corrected chi connectivity index (χ1v) is 28.0. The molecule has 0 bridgehead atoms. The van der Waals surface area contributed by atoms with Gasteiger partial charge in [-0.3, -0.25) is 28.8 Å². The standard InChI is InChI=1S/C60H66Cl3F9O9/c61-49-37-40-19-7-1-4-10-25-52(73)79-43(22-13-16-34-58(64,65)66)29-32-47-41(38-50(62)56(47)77)20-8-3-6-12-27-54(75)81-45(24-15-18-36-60(70,71)72)30-33-48-42(39-51(63)57(48)78)21-9-2-5-11-26-53(74)80-44(28-31-46(40)55(49)76)23-14-17-35-59(67,68)69/h1-3,7-9,13-18,31-33,37-45H,4-6,10-12,19-30,34-36H2/b7-1-,8-3-,9-2-,16-13-,17-14-,18-15-,46-31+,47-32+,48-33+/t40-,41-,42-,43-,44-,45-/m0/s1. The zero-order valence-electron chi connectivity index (χ0n) is 44.4. The summed E-state index contributed by atoms with van der Waals surface area (Å²) in [6.45, 7) is 0. The van der Waals surface area contributed by atoms with Crippen LogP contribution in [0.3, 0.4) is 0 Å². The Morgan fingerprint density at radius 3 is 0.901 bits per heavy atom. The van der Waals surface area contributed by atoms with Crippen LogP contribution in [-0.4, -0.2) is 72.1 Å². The Hall–Kier alpha value is -5.46. The topological polar surface area (TPSA) is 130 Å². The van der Waals surface area contributed by atoms with E-state index in [2.05, 4.69) is 0 Å². The number of halogens is 12. The third kappa shape index (κ3) is 27.0. The van der Waals surface area contributed by atoms with Crippen molar-refractivity contribution in [1.82, 2.24) is 0 Å². The summed E-state index contributed by atoms with van der Waals surface area (Å²) in [5.41, 5.74) is 0.895. The third-order valence-electron chi connectivity index (χ3n) is 13.0. The van der Waals surface area contributed by atoms with Gasteiger partial charge in [-0.15, -0.1) is 0 Å². The minimum absolute atomic E-state index is 0.0253. The summed E-state index contributed by atoms with van der Waals surface area (Å²) in [5.74, 6) is -4.76. The zero-order valence-corrected chi connectivity index (χ0v) is 46.7. The van der Waals surface area contributed by atoms with Gasteiger partial charge in [-0.05, 0) is 57.8 Å². The van der Waals surface area contributed by atoms with Gasteiger partial charge in [0.1, 0.15) is 18.3 Å². The fraction of sp³-hybridized carbons (Fsp3) is 0.500. The van der Waals surface area contributed by atoms with Crippen LogP contribution in [-0.2, 0) is 43.0 Å². The molecule has 4 rings (SSSR count). The van der Waals surface area contributed by atoms with E-state index in [0.29, 0.717) is 74.5 Å². The number of cyclic esters (lactones) is 3. The Bertz CT molecular complexity index is 2300. The molecule has 0 aromatic carbocycles. The highest BCUT2D eigenvalue weighted by atomic mass is 35.5. The van der Waals surface area contributed by atoms with Crippen molar-refractivity contribution in [3.63, 3.8) is 0 Å². The Kier molecular flexibility index (Phi) is 28.7. The van der Waals surface area contributed by atoms with Gasteiger partial charge in [0, 0.05) is 92.3 Å². The van der Waals surface area contributed by atoms with Crippen molar-refractivity contribution in [3.05, 3.63) is 141 Å². The van der Waals surface area contributed by atoms with Gasteiger partial charge in [0.05, 0.1) is 34.4 Å². The lowest BCUT2D eigenvalue weighted by Gasteiger charge is -2.16. The molecule has 0 radical (unpaired) electrons. The number of Topliss-reactive ketones (excluding diaryl/α,β-unsaturated/α-hetero) is 3. The summed E-state index contributed by atoms with van der Waals surface area (Å²) < 4.78 is 133. The minimum atomic E-state index is -4.46. The van der Waals surface area contributed by atoms with Crippen LogP contribution in [0.4, 0.5) is 39.5 Å². The molecular weight excluding hydrogens is 1140 g/mol. The van der Waals surface area contributed by atoms with Crippen LogP contribution in [0.5, 0.6) is 0 Å². The van der Waals surface area contributed by atoms with E-state index in [9.17, 15) is 68.3 Å². The minimum Gasteiger partial charge on any atom is -0.462 e. The van der Waals surface area contributed by atoms with E-state index in [4.69, 9.17) is 49.0 Å². The summed E-state index contributed by atoms with van der Waals surface area (Å²) in [4.78, 5) is 78.6. The van der Waals surface area contributed by atoms with Crippen molar-refractivity contribution in [2.24, 2.45) is 17.8 Å². The van der Waals surface area contributed by atoms with Crippen molar-refractivity contribution in [1.29, 1.82) is 0 Å². The van der Waals surface area contributed by atoms with E-state index < -0.39 is 109 Å². The Labute approximate surface area is 481 Å². The molecule has 1 aliphatic heterocycles. The molecule has 0 spiro atoms. The third-order valence-corrected chi connectivity index (χ3v) is 13.9. The number of hydrogen-bond donors (Lipinski definition) is 0. The van der Waals surface area contributed by atoms with E-state index in [1.807, 2.05) is 0 Å². The quantitative estimate of drug-likeness (QED) is 0.0958. The van der Waals surface area contributed by atoms with Crippen LogP contribution in [0.15, 0.2) is 141 Å². The predicted molar refractivity (Wildman–Crippen MR) is 291 cm³/mol. The number of carbonyl (C=O) groups is 6.